The highest BCUT2D eigenvalue weighted by Gasteiger charge is 2.16. The van der Waals surface area contributed by atoms with E-state index in [1.54, 1.807) is 18.2 Å². The maximum Gasteiger partial charge on any atom is 0.336 e. The van der Waals surface area contributed by atoms with Gasteiger partial charge in [0.05, 0.1) is 13.3 Å². The number of benzene rings is 3. The fraction of sp³-hybridized carbons (Fsp3) is 0.0370. The minimum Gasteiger partial charge on any atom is -0.493 e. The van der Waals surface area contributed by atoms with Crippen molar-refractivity contribution in [1.82, 2.24) is 15.6 Å². The molecular formula is C27H21N5O5S. The van der Waals surface area contributed by atoms with Crippen LogP contribution in [0.25, 0.3) is 16.6 Å². The second-order valence-corrected chi connectivity index (χ2v) is 8.48. The molecule has 0 saturated carbocycles. The molecule has 0 saturated heterocycles. The van der Waals surface area contributed by atoms with E-state index in [1.807, 2.05) is 60.7 Å². The van der Waals surface area contributed by atoms with Gasteiger partial charge >= 0.3 is 17.8 Å². The Balaban J connectivity index is 1.30. The predicted octanol–water partition coefficient (Wildman–Crippen LogP) is 3.92. The maximum atomic E-state index is 12.2. The molecule has 1 heterocycles. The zero-order chi connectivity index (χ0) is 26.7. The summed E-state index contributed by atoms with van der Waals surface area (Å²) in [6.45, 7) is 0. The van der Waals surface area contributed by atoms with Gasteiger partial charge in [-0.15, -0.1) is 10.2 Å². The zero-order valence-corrected chi connectivity index (χ0v) is 20.8. The number of nitrogens with one attached hydrogen (secondary N) is 2. The van der Waals surface area contributed by atoms with Crippen LogP contribution in [0.15, 0.2) is 90.0 Å². The molecule has 0 aliphatic rings. The number of hydrogen-bond acceptors (Lipinski definition) is 9. The number of rotatable bonds is 8. The van der Waals surface area contributed by atoms with Crippen molar-refractivity contribution < 1.29 is 23.9 Å². The molecule has 11 heteroatoms. The number of amides is 2. The van der Waals surface area contributed by atoms with Crippen molar-refractivity contribution in [2.45, 2.75) is 0 Å². The third kappa shape index (κ3) is 7.18. The summed E-state index contributed by atoms with van der Waals surface area (Å²) in [5.41, 5.74) is 4.38. The van der Waals surface area contributed by atoms with Crippen molar-refractivity contribution in [1.29, 1.82) is 0 Å². The normalized spacial score (nSPS) is 10.9. The minimum absolute atomic E-state index is 0.182. The highest BCUT2D eigenvalue weighted by Crippen LogP contribution is 2.28. The Morgan fingerprint density at radius 1 is 0.868 bits per heavy atom. The van der Waals surface area contributed by atoms with Crippen LogP contribution in [-0.2, 0) is 14.4 Å². The summed E-state index contributed by atoms with van der Waals surface area (Å²) in [7, 11) is 1.43. The number of carbonyl (C=O) groups is 3. The third-order valence-electron chi connectivity index (χ3n) is 4.86. The Morgan fingerprint density at radius 2 is 1.61 bits per heavy atom. The van der Waals surface area contributed by atoms with Gasteiger partial charge in [-0.3, -0.25) is 14.9 Å². The maximum absolute atomic E-state index is 12.2. The average molecular weight is 528 g/mol. The van der Waals surface area contributed by atoms with E-state index < -0.39 is 17.8 Å². The van der Waals surface area contributed by atoms with Crippen LogP contribution in [0, 0.1) is 0 Å². The first-order chi connectivity index (χ1) is 18.5. The molecule has 0 atom stereocenters. The number of hydrazone groups is 1. The Labute approximate surface area is 221 Å². The highest BCUT2D eigenvalue weighted by molar-refractivity contribution is 7.18. The highest BCUT2D eigenvalue weighted by atomic mass is 32.1. The van der Waals surface area contributed by atoms with Crippen molar-refractivity contribution in [3.05, 3.63) is 96.1 Å². The van der Waals surface area contributed by atoms with E-state index in [4.69, 9.17) is 9.47 Å². The Hall–Kier alpha value is -5.16. The molecule has 1 aromatic heterocycles. The van der Waals surface area contributed by atoms with E-state index >= 15 is 0 Å². The lowest BCUT2D eigenvalue weighted by Gasteiger charge is -2.08. The SMILES string of the molecule is COc1cc(C=NNC(=O)C(=O)Nc2nnc(-c3ccccc3)s2)ccc1OC(=O)C=Cc1ccccc1. The van der Waals surface area contributed by atoms with Gasteiger partial charge in [0, 0.05) is 11.6 Å². The zero-order valence-electron chi connectivity index (χ0n) is 20.0. The number of hydrogen-bond donors (Lipinski definition) is 2. The van der Waals surface area contributed by atoms with E-state index in [2.05, 4.69) is 26.0 Å². The van der Waals surface area contributed by atoms with E-state index in [1.165, 1.54) is 25.5 Å². The molecule has 0 radical (unpaired) electrons. The van der Waals surface area contributed by atoms with Crippen molar-refractivity contribution in [2.24, 2.45) is 5.10 Å². The molecule has 3 aromatic carbocycles. The largest absolute Gasteiger partial charge is 0.493 e. The number of esters is 1. The molecule has 2 N–H and O–H groups in total. The summed E-state index contributed by atoms with van der Waals surface area (Å²) in [4.78, 5) is 36.4. The lowest BCUT2D eigenvalue weighted by atomic mass is 10.2. The summed E-state index contributed by atoms with van der Waals surface area (Å²) >= 11 is 1.14. The van der Waals surface area contributed by atoms with Gasteiger partial charge in [-0.05, 0) is 35.4 Å². The third-order valence-corrected chi connectivity index (χ3v) is 5.75. The Bertz CT molecular complexity index is 1490. The van der Waals surface area contributed by atoms with Crippen LogP contribution in [0.4, 0.5) is 5.13 Å². The topological polar surface area (TPSA) is 132 Å². The van der Waals surface area contributed by atoms with Crippen LogP contribution in [0.3, 0.4) is 0 Å². The summed E-state index contributed by atoms with van der Waals surface area (Å²) < 4.78 is 10.6. The smallest absolute Gasteiger partial charge is 0.336 e. The number of anilines is 1. The number of nitrogens with zero attached hydrogens (tertiary/aromatic N) is 3. The molecule has 38 heavy (non-hydrogen) atoms. The summed E-state index contributed by atoms with van der Waals surface area (Å²) in [5.74, 6) is -2.01. The fourth-order valence-electron chi connectivity index (χ4n) is 3.06. The molecule has 0 unspecified atom stereocenters. The Kier molecular flexibility index (Phi) is 8.66. The molecule has 0 spiro atoms. The summed E-state index contributed by atoms with van der Waals surface area (Å²) in [5, 5.41) is 14.9. The minimum atomic E-state index is -0.986. The monoisotopic (exact) mass is 527 g/mol. The van der Waals surface area contributed by atoms with Crippen molar-refractivity contribution in [3.8, 4) is 22.1 Å². The average Bonchev–Trinajstić information content (AvgIpc) is 3.42. The molecular weight excluding hydrogens is 506 g/mol. The number of methoxy groups -OCH3 is 1. The quantitative estimate of drug-likeness (QED) is 0.0886. The van der Waals surface area contributed by atoms with Crippen LogP contribution in [0.5, 0.6) is 11.5 Å². The lowest BCUT2D eigenvalue weighted by Crippen LogP contribution is -2.32. The summed E-state index contributed by atoms with van der Waals surface area (Å²) in [6, 6.07) is 23.4. The lowest BCUT2D eigenvalue weighted by molar-refractivity contribution is -0.136. The fourth-order valence-corrected chi connectivity index (χ4v) is 3.80. The molecule has 0 bridgehead atoms. The van der Waals surface area contributed by atoms with Crippen molar-refractivity contribution in [3.63, 3.8) is 0 Å². The molecule has 190 valence electrons. The van der Waals surface area contributed by atoms with E-state index in [0.29, 0.717) is 10.6 Å². The Morgan fingerprint density at radius 3 is 2.34 bits per heavy atom. The first kappa shape index (κ1) is 25.9. The van der Waals surface area contributed by atoms with Crippen LogP contribution in [-0.4, -0.2) is 41.3 Å². The van der Waals surface area contributed by atoms with Crippen LogP contribution < -0.4 is 20.2 Å². The van der Waals surface area contributed by atoms with Gasteiger partial charge in [0.15, 0.2) is 11.5 Å². The molecule has 4 aromatic rings. The van der Waals surface area contributed by atoms with Gasteiger partial charge in [-0.25, -0.2) is 10.2 Å². The number of aromatic nitrogens is 2. The standard InChI is InChI=1S/C27H21N5O5S/c1-36-22-16-19(12-14-21(22)37-23(33)15-13-18-8-4-2-5-9-18)17-28-30-25(35)24(34)29-27-32-31-26(38-27)20-10-6-3-7-11-20/h2-17H,1H3,(H,30,35)(H,29,32,34). The van der Waals surface area contributed by atoms with Crippen LogP contribution >= 0.6 is 11.3 Å². The second kappa shape index (κ2) is 12.7. The first-order valence-corrected chi connectivity index (χ1v) is 12.0. The van der Waals surface area contributed by atoms with E-state index in [-0.39, 0.29) is 16.6 Å². The van der Waals surface area contributed by atoms with Gasteiger partial charge in [0.2, 0.25) is 5.13 Å². The second-order valence-electron chi connectivity index (χ2n) is 7.51. The predicted molar refractivity (Wildman–Crippen MR) is 144 cm³/mol. The van der Waals surface area contributed by atoms with Gasteiger partial charge in [-0.1, -0.05) is 72.0 Å². The first-order valence-electron chi connectivity index (χ1n) is 11.2. The van der Waals surface area contributed by atoms with Gasteiger partial charge in [0.25, 0.3) is 0 Å². The van der Waals surface area contributed by atoms with Crippen molar-refractivity contribution >= 4 is 46.5 Å². The molecule has 2 amide bonds. The molecule has 10 nitrogen and oxygen atoms in total. The number of carbonyl (C=O) groups excluding carboxylic acids is 3. The van der Waals surface area contributed by atoms with E-state index in [9.17, 15) is 14.4 Å². The molecule has 0 aliphatic carbocycles. The molecule has 0 fully saturated rings. The summed E-state index contributed by atoms with van der Waals surface area (Å²) in [6.07, 6.45) is 4.27. The van der Waals surface area contributed by atoms with Crippen molar-refractivity contribution in [2.75, 3.05) is 12.4 Å². The van der Waals surface area contributed by atoms with Gasteiger partial charge in [0.1, 0.15) is 5.01 Å². The van der Waals surface area contributed by atoms with Gasteiger partial charge in [-0.2, -0.15) is 5.10 Å². The van der Waals surface area contributed by atoms with Crippen LogP contribution in [0.2, 0.25) is 0 Å². The van der Waals surface area contributed by atoms with E-state index in [0.717, 1.165) is 22.5 Å². The molecule has 0 aliphatic heterocycles. The number of ether oxygens (including phenoxy) is 2. The van der Waals surface area contributed by atoms with Gasteiger partial charge < -0.3 is 9.47 Å². The molecule has 4 rings (SSSR count). The van der Waals surface area contributed by atoms with Crippen LogP contribution in [0.1, 0.15) is 11.1 Å².